The Morgan fingerprint density at radius 1 is 1.63 bits per heavy atom. The molecule has 1 amide bonds. The van der Waals surface area contributed by atoms with Gasteiger partial charge < -0.3 is 9.88 Å². The van der Waals surface area contributed by atoms with Crippen molar-refractivity contribution in [1.82, 2.24) is 19.7 Å². The summed E-state index contributed by atoms with van der Waals surface area (Å²) in [6, 6.07) is 0. The van der Waals surface area contributed by atoms with Gasteiger partial charge in [-0.3, -0.25) is 9.89 Å². The SMILES string of the molecule is CCCC(=O)Nc1nc(Cc2n[nH]c(=S)n2C)cs1. The third kappa shape index (κ3) is 3.48. The van der Waals surface area contributed by atoms with E-state index in [1.807, 2.05) is 23.9 Å². The number of hydrogen-bond donors (Lipinski definition) is 2. The zero-order valence-electron chi connectivity index (χ0n) is 10.8. The number of aromatic nitrogens is 4. The minimum Gasteiger partial charge on any atom is -0.307 e. The van der Waals surface area contributed by atoms with Crippen molar-refractivity contribution in [3.05, 3.63) is 21.7 Å². The van der Waals surface area contributed by atoms with Gasteiger partial charge in [0.2, 0.25) is 5.91 Å². The summed E-state index contributed by atoms with van der Waals surface area (Å²) >= 11 is 6.47. The summed E-state index contributed by atoms with van der Waals surface area (Å²) in [5.74, 6) is 0.823. The highest BCUT2D eigenvalue weighted by Crippen LogP contribution is 2.17. The first-order chi connectivity index (χ1) is 9.10. The minimum atomic E-state index is 0.00145. The number of hydrogen-bond acceptors (Lipinski definition) is 5. The van der Waals surface area contributed by atoms with Crippen molar-refractivity contribution in [3.63, 3.8) is 0 Å². The molecule has 0 aliphatic rings. The lowest BCUT2D eigenvalue weighted by Crippen LogP contribution is -2.10. The highest BCUT2D eigenvalue weighted by atomic mass is 32.1. The van der Waals surface area contributed by atoms with E-state index in [2.05, 4.69) is 20.5 Å². The Balaban J connectivity index is 2.03. The van der Waals surface area contributed by atoms with E-state index in [9.17, 15) is 4.79 Å². The largest absolute Gasteiger partial charge is 0.307 e. The molecule has 8 heteroatoms. The zero-order valence-corrected chi connectivity index (χ0v) is 12.4. The number of rotatable bonds is 5. The van der Waals surface area contributed by atoms with E-state index in [1.165, 1.54) is 11.3 Å². The van der Waals surface area contributed by atoms with Crippen LogP contribution >= 0.6 is 23.6 Å². The molecule has 0 saturated heterocycles. The van der Waals surface area contributed by atoms with Gasteiger partial charge in [0.05, 0.1) is 12.1 Å². The van der Waals surface area contributed by atoms with Gasteiger partial charge in [-0.25, -0.2) is 4.98 Å². The van der Waals surface area contributed by atoms with Crippen molar-refractivity contribution >= 4 is 34.6 Å². The predicted octanol–water partition coefficient (Wildman–Crippen LogP) is 2.26. The maximum atomic E-state index is 11.5. The monoisotopic (exact) mass is 297 g/mol. The first-order valence-electron chi connectivity index (χ1n) is 5.94. The Morgan fingerprint density at radius 2 is 2.42 bits per heavy atom. The third-order valence-corrected chi connectivity index (χ3v) is 3.76. The predicted molar refractivity (Wildman–Crippen MR) is 76.9 cm³/mol. The number of H-pyrrole nitrogens is 1. The molecule has 0 fully saturated rings. The van der Waals surface area contributed by atoms with E-state index in [0.29, 0.717) is 22.7 Å². The van der Waals surface area contributed by atoms with E-state index < -0.39 is 0 Å². The summed E-state index contributed by atoms with van der Waals surface area (Å²) in [6.45, 7) is 1.97. The second kappa shape index (κ2) is 6.07. The smallest absolute Gasteiger partial charge is 0.226 e. The van der Waals surface area contributed by atoms with Gasteiger partial charge in [0.25, 0.3) is 0 Å². The molecule has 2 aromatic heterocycles. The normalized spacial score (nSPS) is 10.6. The Morgan fingerprint density at radius 3 is 3.05 bits per heavy atom. The highest BCUT2D eigenvalue weighted by molar-refractivity contribution is 7.71. The molecule has 6 nitrogen and oxygen atoms in total. The van der Waals surface area contributed by atoms with Gasteiger partial charge in [0.1, 0.15) is 5.82 Å². The zero-order chi connectivity index (χ0) is 13.8. The van der Waals surface area contributed by atoms with Crippen LogP contribution in [0.4, 0.5) is 5.13 Å². The maximum Gasteiger partial charge on any atom is 0.226 e. The summed E-state index contributed by atoms with van der Waals surface area (Å²) in [5, 5.41) is 12.2. The molecule has 0 aromatic carbocycles. The fourth-order valence-electron chi connectivity index (χ4n) is 1.55. The second-order valence-electron chi connectivity index (χ2n) is 4.12. The third-order valence-electron chi connectivity index (χ3n) is 2.59. The molecule has 2 N–H and O–H groups in total. The molecule has 0 unspecified atom stereocenters. The van der Waals surface area contributed by atoms with E-state index >= 15 is 0 Å². The van der Waals surface area contributed by atoms with E-state index in [4.69, 9.17) is 12.2 Å². The summed E-state index contributed by atoms with van der Waals surface area (Å²) in [7, 11) is 1.86. The molecule has 0 atom stereocenters. The molecular formula is C11H15N5OS2. The van der Waals surface area contributed by atoms with Crippen LogP contribution < -0.4 is 5.32 Å². The van der Waals surface area contributed by atoms with Crippen LogP contribution in [0.3, 0.4) is 0 Å². The van der Waals surface area contributed by atoms with Gasteiger partial charge in [-0.1, -0.05) is 6.92 Å². The average molecular weight is 297 g/mol. The fraction of sp³-hybridized carbons (Fsp3) is 0.455. The second-order valence-corrected chi connectivity index (χ2v) is 5.37. The lowest BCUT2D eigenvalue weighted by molar-refractivity contribution is -0.116. The standard InChI is InChI=1S/C11H15N5OS2/c1-3-4-9(17)13-10-12-7(6-19-10)5-8-14-15-11(18)16(8)2/h6H,3-5H2,1-2H3,(H,15,18)(H,12,13,17). The van der Waals surface area contributed by atoms with Crippen molar-refractivity contribution in [1.29, 1.82) is 0 Å². The first kappa shape index (κ1) is 13.9. The van der Waals surface area contributed by atoms with Gasteiger partial charge in [0.15, 0.2) is 9.90 Å². The van der Waals surface area contributed by atoms with Crippen LogP contribution in [0.5, 0.6) is 0 Å². The molecule has 0 spiro atoms. The lowest BCUT2D eigenvalue weighted by atomic mass is 10.3. The minimum absolute atomic E-state index is 0.00145. The van der Waals surface area contributed by atoms with E-state index in [1.54, 1.807) is 0 Å². The van der Waals surface area contributed by atoms with Crippen LogP contribution in [0, 0.1) is 4.77 Å². The Kier molecular flexibility index (Phi) is 4.43. The number of nitrogens with one attached hydrogen (secondary N) is 2. The number of amides is 1. The van der Waals surface area contributed by atoms with E-state index in [0.717, 1.165) is 17.9 Å². The summed E-state index contributed by atoms with van der Waals surface area (Å²) in [4.78, 5) is 15.8. The van der Waals surface area contributed by atoms with Crippen molar-refractivity contribution < 1.29 is 4.79 Å². The Hall–Kier alpha value is -1.54. The van der Waals surface area contributed by atoms with Crippen LogP contribution in [0.2, 0.25) is 0 Å². The molecule has 102 valence electrons. The number of nitrogens with zero attached hydrogens (tertiary/aromatic N) is 3. The van der Waals surface area contributed by atoms with Gasteiger partial charge in [-0.15, -0.1) is 11.3 Å². The number of carbonyl (C=O) groups is 1. The quantitative estimate of drug-likeness (QED) is 0.830. The van der Waals surface area contributed by atoms with Crippen molar-refractivity contribution in [3.8, 4) is 0 Å². The molecule has 0 saturated carbocycles. The van der Waals surface area contributed by atoms with Crippen molar-refractivity contribution in [2.75, 3.05) is 5.32 Å². The number of thiazole rings is 1. The summed E-state index contributed by atoms with van der Waals surface area (Å²) < 4.78 is 2.39. The van der Waals surface area contributed by atoms with Crippen LogP contribution in [0.1, 0.15) is 31.3 Å². The molecule has 0 radical (unpaired) electrons. The van der Waals surface area contributed by atoms with Crippen LogP contribution in [0.25, 0.3) is 0 Å². The van der Waals surface area contributed by atoms with Gasteiger partial charge >= 0.3 is 0 Å². The Labute approximate surface area is 119 Å². The molecule has 2 rings (SSSR count). The highest BCUT2D eigenvalue weighted by Gasteiger charge is 2.09. The van der Waals surface area contributed by atoms with Gasteiger partial charge in [0, 0.05) is 18.8 Å². The number of aromatic amines is 1. The molecule has 0 aliphatic heterocycles. The molecular weight excluding hydrogens is 282 g/mol. The number of anilines is 1. The number of carbonyl (C=O) groups excluding carboxylic acids is 1. The maximum absolute atomic E-state index is 11.5. The van der Waals surface area contributed by atoms with Crippen LogP contribution in [-0.2, 0) is 18.3 Å². The molecule has 0 aliphatic carbocycles. The van der Waals surface area contributed by atoms with Crippen LogP contribution in [0.15, 0.2) is 5.38 Å². The topological polar surface area (TPSA) is 75.6 Å². The summed E-state index contributed by atoms with van der Waals surface area (Å²) in [5.41, 5.74) is 0.869. The first-order valence-corrected chi connectivity index (χ1v) is 7.23. The average Bonchev–Trinajstić information content (AvgIpc) is 2.92. The van der Waals surface area contributed by atoms with Crippen molar-refractivity contribution in [2.24, 2.45) is 7.05 Å². The van der Waals surface area contributed by atoms with Gasteiger partial charge in [-0.05, 0) is 18.6 Å². The summed E-state index contributed by atoms with van der Waals surface area (Å²) in [6.07, 6.45) is 1.93. The van der Waals surface area contributed by atoms with Crippen molar-refractivity contribution in [2.45, 2.75) is 26.2 Å². The van der Waals surface area contributed by atoms with Gasteiger partial charge in [-0.2, -0.15) is 5.10 Å². The fourth-order valence-corrected chi connectivity index (χ4v) is 2.43. The van der Waals surface area contributed by atoms with E-state index in [-0.39, 0.29) is 5.91 Å². The lowest BCUT2D eigenvalue weighted by Gasteiger charge is -1.99. The molecule has 2 aromatic rings. The van der Waals surface area contributed by atoms with Crippen LogP contribution in [-0.4, -0.2) is 25.7 Å². The molecule has 0 bridgehead atoms. The Bertz CT molecular complexity index is 627. The molecule has 19 heavy (non-hydrogen) atoms. The molecule has 2 heterocycles.